The maximum atomic E-state index is 14.8. The highest BCUT2D eigenvalue weighted by Crippen LogP contribution is 2.43. The number of anilines is 1. The van der Waals surface area contributed by atoms with Crippen molar-refractivity contribution in [2.75, 3.05) is 19.1 Å². The number of benzene rings is 2. The average Bonchev–Trinajstić information content (AvgIpc) is 3.21. The third-order valence-electron chi connectivity index (χ3n) is 6.34. The minimum Gasteiger partial charge on any atom is -0.493 e. The van der Waals surface area contributed by atoms with E-state index >= 15 is 0 Å². The molecule has 1 aromatic heterocycles. The van der Waals surface area contributed by atoms with Crippen LogP contribution in [0, 0.1) is 15.9 Å². The van der Waals surface area contributed by atoms with Gasteiger partial charge in [0.25, 0.3) is 5.69 Å². The monoisotopic (exact) mass is 468 g/mol. The Labute approximate surface area is 195 Å². The number of nitrogens with zero attached hydrogens (tertiary/aromatic N) is 3. The molecule has 0 aliphatic carbocycles. The highest BCUT2D eigenvalue weighted by atomic mass is 19.1. The van der Waals surface area contributed by atoms with Gasteiger partial charge in [0.2, 0.25) is 0 Å². The van der Waals surface area contributed by atoms with Crippen LogP contribution in [0.3, 0.4) is 0 Å². The Morgan fingerprint density at radius 2 is 2.09 bits per heavy atom. The van der Waals surface area contributed by atoms with Crippen molar-refractivity contribution < 1.29 is 23.3 Å². The highest BCUT2D eigenvalue weighted by molar-refractivity contribution is 5.98. The number of hydrazone groups is 1. The molecule has 10 heteroatoms. The molecule has 0 spiro atoms. The molecule has 1 aliphatic rings. The number of hydrogen-bond donors (Lipinski definition) is 1. The lowest BCUT2D eigenvalue weighted by Crippen LogP contribution is -2.45. The van der Waals surface area contributed by atoms with E-state index in [2.05, 4.69) is 36.2 Å². The average molecular weight is 468 g/mol. The molecule has 4 rings (SSSR count). The summed E-state index contributed by atoms with van der Waals surface area (Å²) in [6, 6.07) is 7.10. The number of halogens is 1. The fourth-order valence-electron chi connectivity index (χ4n) is 4.39. The normalized spacial score (nSPS) is 17.1. The van der Waals surface area contributed by atoms with Gasteiger partial charge in [0.1, 0.15) is 5.82 Å². The first kappa shape index (κ1) is 23.2. The van der Waals surface area contributed by atoms with E-state index < -0.39 is 16.6 Å². The van der Waals surface area contributed by atoms with Gasteiger partial charge in [-0.15, -0.1) is 0 Å². The van der Waals surface area contributed by atoms with Gasteiger partial charge in [0, 0.05) is 35.3 Å². The van der Waals surface area contributed by atoms with Crippen LogP contribution in [0.4, 0.5) is 15.8 Å². The zero-order chi connectivity index (χ0) is 24.8. The molecule has 2 aromatic carbocycles. The van der Waals surface area contributed by atoms with Crippen LogP contribution in [0.5, 0.6) is 5.75 Å². The van der Waals surface area contributed by atoms with E-state index in [9.17, 15) is 19.3 Å². The molecule has 9 nitrogen and oxygen atoms in total. The maximum Gasteiger partial charge on any atom is 0.307 e. The summed E-state index contributed by atoms with van der Waals surface area (Å²) in [5, 5.41) is 15.3. The van der Waals surface area contributed by atoms with Gasteiger partial charge in [-0.25, -0.2) is 9.82 Å². The fraction of sp³-hybridized carbons (Fsp3) is 0.333. The number of carbonyl (C=O) groups is 1. The van der Waals surface area contributed by atoms with Crippen LogP contribution in [-0.2, 0) is 0 Å². The molecule has 1 unspecified atom stereocenters. The number of rotatable bonds is 5. The van der Waals surface area contributed by atoms with Gasteiger partial charge in [-0.2, -0.15) is 5.10 Å². The van der Waals surface area contributed by atoms with Gasteiger partial charge >= 0.3 is 5.91 Å². The number of methoxy groups -OCH3 is 1. The smallest absolute Gasteiger partial charge is 0.307 e. The molecular weight excluding hydrogens is 443 g/mol. The largest absolute Gasteiger partial charge is 0.493 e. The van der Waals surface area contributed by atoms with E-state index in [1.54, 1.807) is 6.07 Å². The number of nitro benzene ring substituents is 1. The van der Waals surface area contributed by atoms with Crippen molar-refractivity contribution in [3.8, 4) is 5.75 Å². The Morgan fingerprint density at radius 3 is 2.76 bits per heavy atom. The molecule has 0 bridgehead atoms. The standard InChI is InChI=1S/C24H25FN4O5/c1-13-11-24(2,3)28(4)19-10-18(25)15(7-17(13)19)12-26-27-23(30)21-8-14-6-16(29(31)32)9-20(33-5)22(14)34-21/h6-10,12-13H,11H2,1-5H3,(H,27,30)/b26-12-. The van der Waals surface area contributed by atoms with E-state index in [-0.39, 0.29) is 39.8 Å². The van der Waals surface area contributed by atoms with E-state index in [0.717, 1.165) is 17.7 Å². The first-order valence-electron chi connectivity index (χ1n) is 10.7. The molecule has 0 fully saturated rings. The summed E-state index contributed by atoms with van der Waals surface area (Å²) >= 11 is 0. The molecule has 178 valence electrons. The molecule has 1 atom stereocenters. The Hall–Kier alpha value is -3.95. The van der Waals surface area contributed by atoms with Crippen molar-refractivity contribution in [1.82, 2.24) is 5.43 Å². The molecule has 3 aromatic rings. The van der Waals surface area contributed by atoms with Gasteiger partial charge < -0.3 is 14.1 Å². The second-order valence-electron chi connectivity index (χ2n) is 9.04. The minimum atomic E-state index is -0.689. The van der Waals surface area contributed by atoms with E-state index in [0.29, 0.717) is 5.39 Å². The molecule has 1 N–H and O–H groups in total. The number of amides is 1. The number of carbonyl (C=O) groups excluding carboxylic acids is 1. The zero-order valence-electron chi connectivity index (χ0n) is 19.5. The van der Waals surface area contributed by atoms with E-state index in [4.69, 9.17) is 9.15 Å². The number of nitrogens with one attached hydrogen (secondary N) is 1. The predicted molar refractivity (Wildman–Crippen MR) is 126 cm³/mol. The van der Waals surface area contributed by atoms with Crippen molar-refractivity contribution in [2.24, 2.45) is 5.10 Å². The van der Waals surface area contributed by atoms with Crippen molar-refractivity contribution >= 4 is 34.5 Å². The summed E-state index contributed by atoms with van der Waals surface area (Å²) < 4.78 is 25.4. The molecule has 1 amide bonds. The molecule has 0 saturated heterocycles. The number of non-ortho nitro benzene ring substituents is 1. The highest BCUT2D eigenvalue weighted by Gasteiger charge is 2.34. The van der Waals surface area contributed by atoms with Crippen LogP contribution in [0.2, 0.25) is 0 Å². The Morgan fingerprint density at radius 1 is 1.35 bits per heavy atom. The van der Waals surface area contributed by atoms with Crippen LogP contribution in [0.25, 0.3) is 11.0 Å². The summed E-state index contributed by atoms with van der Waals surface area (Å²) in [6.45, 7) is 6.36. The Kier molecular flexibility index (Phi) is 5.76. The van der Waals surface area contributed by atoms with E-state index in [1.165, 1.54) is 37.6 Å². The molecule has 34 heavy (non-hydrogen) atoms. The van der Waals surface area contributed by atoms with Crippen LogP contribution < -0.4 is 15.1 Å². The summed E-state index contributed by atoms with van der Waals surface area (Å²) in [7, 11) is 3.30. The van der Waals surface area contributed by atoms with Gasteiger partial charge in [-0.05, 0) is 49.9 Å². The van der Waals surface area contributed by atoms with Crippen molar-refractivity contribution in [3.05, 3.63) is 63.2 Å². The lowest BCUT2D eigenvalue weighted by atomic mass is 9.80. The topological polar surface area (TPSA) is 110 Å². The second kappa shape index (κ2) is 8.44. The van der Waals surface area contributed by atoms with Crippen LogP contribution >= 0.6 is 0 Å². The van der Waals surface area contributed by atoms with Crippen LogP contribution in [0.1, 0.15) is 54.8 Å². The number of ether oxygens (including phenoxy) is 1. The number of fused-ring (bicyclic) bond motifs is 2. The lowest BCUT2D eigenvalue weighted by molar-refractivity contribution is -0.384. The number of furan rings is 1. The molecule has 2 heterocycles. The van der Waals surface area contributed by atoms with Gasteiger partial charge in [-0.3, -0.25) is 14.9 Å². The van der Waals surface area contributed by atoms with Crippen LogP contribution in [0.15, 0.2) is 39.9 Å². The molecule has 1 aliphatic heterocycles. The molecular formula is C24H25FN4O5. The zero-order valence-corrected chi connectivity index (χ0v) is 19.5. The molecule has 0 saturated carbocycles. The third-order valence-corrected chi connectivity index (χ3v) is 6.34. The summed E-state index contributed by atoms with van der Waals surface area (Å²) in [5.74, 6) is -0.891. The summed E-state index contributed by atoms with van der Waals surface area (Å²) in [4.78, 5) is 25.1. The third kappa shape index (κ3) is 4.07. The fourth-order valence-corrected chi connectivity index (χ4v) is 4.39. The first-order chi connectivity index (χ1) is 16.0. The minimum absolute atomic E-state index is 0.0852. The maximum absolute atomic E-state index is 14.8. The van der Waals surface area contributed by atoms with Crippen molar-refractivity contribution in [2.45, 2.75) is 38.6 Å². The number of nitro groups is 1. The summed E-state index contributed by atoms with van der Waals surface area (Å²) in [6.07, 6.45) is 2.16. The van der Waals surface area contributed by atoms with Crippen molar-refractivity contribution in [3.63, 3.8) is 0 Å². The van der Waals surface area contributed by atoms with Crippen molar-refractivity contribution in [1.29, 1.82) is 0 Å². The lowest BCUT2D eigenvalue weighted by Gasteiger charge is -2.45. The quantitative estimate of drug-likeness (QED) is 0.321. The van der Waals surface area contributed by atoms with E-state index in [1.807, 2.05) is 7.05 Å². The van der Waals surface area contributed by atoms with Gasteiger partial charge in [-0.1, -0.05) is 6.92 Å². The summed E-state index contributed by atoms with van der Waals surface area (Å²) in [5.41, 5.74) is 4.34. The van der Waals surface area contributed by atoms with Crippen LogP contribution in [-0.4, -0.2) is 36.7 Å². The van der Waals surface area contributed by atoms with Gasteiger partial charge in [0.15, 0.2) is 17.1 Å². The number of hydrogen-bond acceptors (Lipinski definition) is 7. The Bertz CT molecular complexity index is 1330. The van der Waals surface area contributed by atoms with Gasteiger partial charge in [0.05, 0.1) is 24.3 Å². The predicted octanol–water partition coefficient (Wildman–Crippen LogP) is 4.97. The Balaban J connectivity index is 1.56. The SMILES string of the molecule is COc1cc([N+](=O)[O-])cc2cc(C(=O)N/N=C\c3cc4c(cc3F)N(C)C(C)(C)CC4C)oc12. The second-order valence-corrected chi connectivity index (χ2v) is 9.04. The first-order valence-corrected chi connectivity index (χ1v) is 10.7. The molecule has 0 radical (unpaired) electrons.